The summed E-state index contributed by atoms with van der Waals surface area (Å²) < 4.78 is 12.7. The summed E-state index contributed by atoms with van der Waals surface area (Å²) in [6.07, 6.45) is 6.36. The van der Waals surface area contributed by atoms with Gasteiger partial charge in [-0.1, -0.05) is 72.6 Å². The Bertz CT molecular complexity index is 1040. The van der Waals surface area contributed by atoms with Crippen molar-refractivity contribution in [3.05, 3.63) is 48.5 Å². The van der Waals surface area contributed by atoms with E-state index in [1.165, 1.54) is 22.7 Å². The van der Waals surface area contributed by atoms with Crippen molar-refractivity contribution in [1.82, 2.24) is 9.97 Å². The molecule has 0 bridgehead atoms. The predicted molar refractivity (Wildman–Crippen MR) is 127 cm³/mol. The van der Waals surface area contributed by atoms with Crippen LogP contribution in [0.25, 0.3) is 20.4 Å². The van der Waals surface area contributed by atoms with Gasteiger partial charge in [0, 0.05) is 12.8 Å². The van der Waals surface area contributed by atoms with E-state index in [0.29, 0.717) is 23.2 Å². The molecule has 0 radical (unpaired) electrons. The molecular formula is C24H24N2O4S2. The monoisotopic (exact) mass is 468 g/mol. The molecule has 0 amide bonds. The Morgan fingerprint density at radius 1 is 0.625 bits per heavy atom. The van der Waals surface area contributed by atoms with Gasteiger partial charge in [-0.2, -0.15) is 0 Å². The second-order valence-corrected chi connectivity index (χ2v) is 9.45. The molecule has 166 valence electrons. The van der Waals surface area contributed by atoms with E-state index in [4.69, 9.17) is 9.47 Å². The summed E-state index contributed by atoms with van der Waals surface area (Å²) in [5.74, 6) is -0.469. The zero-order valence-electron chi connectivity index (χ0n) is 17.6. The molecule has 0 fully saturated rings. The van der Waals surface area contributed by atoms with Crippen molar-refractivity contribution in [2.45, 2.75) is 51.4 Å². The number of aromatic nitrogens is 2. The predicted octanol–water partition coefficient (Wildman–Crippen LogP) is 6.54. The summed E-state index contributed by atoms with van der Waals surface area (Å²) in [6.45, 7) is 0. The van der Waals surface area contributed by atoms with Gasteiger partial charge in [0.05, 0.1) is 20.4 Å². The van der Waals surface area contributed by atoms with E-state index in [2.05, 4.69) is 9.97 Å². The molecule has 32 heavy (non-hydrogen) atoms. The largest absolute Gasteiger partial charge is 0.398 e. The van der Waals surface area contributed by atoms with Crippen LogP contribution in [0, 0.1) is 0 Å². The van der Waals surface area contributed by atoms with Crippen LogP contribution >= 0.6 is 22.7 Å². The summed E-state index contributed by atoms with van der Waals surface area (Å²) >= 11 is 2.77. The quantitative estimate of drug-likeness (QED) is 0.184. The maximum atomic E-state index is 12.0. The highest BCUT2D eigenvalue weighted by Crippen LogP contribution is 2.28. The minimum Gasteiger partial charge on any atom is -0.398 e. The lowest BCUT2D eigenvalue weighted by molar-refractivity contribution is -0.135. The molecule has 8 heteroatoms. The average Bonchev–Trinajstić information content (AvgIpc) is 3.38. The second-order valence-electron chi connectivity index (χ2n) is 7.46. The summed E-state index contributed by atoms with van der Waals surface area (Å²) in [7, 11) is 0. The molecule has 2 aromatic carbocycles. The lowest BCUT2D eigenvalue weighted by Gasteiger charge is -2.02. The second kappa shape index (κ2) is 11.2. The van der Waals surface area contributed by atoms with Gasteiger partial charge in [0.1, 0.15) is 0 Å². The lowest BCUT2D eigenvalue weighted by atomic mass is 10.1. The first-order valence-electron chi connectivity index (χ1n) is 10.8. The van der Waals surface area contributed by atoms with Crippen molar-refractivity contribution in [3.8, 4) is 10.4 Å². The standard InChI is InChI=1S/C24H24N2O4S2/c27-21(29-23-25-17-11-7-9-13-19(17)31-23)15-5-3-1-2-4-6-16-22(28)30-24-26-18-12-8-10-14-20(18)32-24/h7-14H,1-6,15-16H2. The molecule has 0 saturated heterocycles. The van der Waals surface area contributed by atoms with E-state index in [1.807, 2.05) is 48.5 Å². The van der Waals surface area contributed by atoms with E-state index in [1.54, 1.807) is 0 Å². The van der Waals surface area contributed by atoms with Gasteiger partial charge in [0.25, 0.3) is 10.4 Å². The highest BCUT2D eigenvalue weighted by atomic mass is 32.1. The fourth-order valence-electron chi connectivity index (χ4n) is 3.33. The summed E-state index contributed by atoms with van der Waals surface area (Å²) in [5.41, 5.74) is 1.70. The normalized spacial score (nSPS) is 11.1. The molecule has 4 rings (SSSR count). The minimum atomic E-state index is -0.235. The first-order chi connectivity index (χ1) is 15.7. The van der Waals surface area contributed by atoms with Crippen molar-refractivity contribution in [1.29, 1.82) is 0 Å². The van der Waals surface area contributed by atoms with Gasteiger partial charge in [-0.3, -0.25) is 9.59 Å². The third-order valence-corrected chi connectivity index (χ3v) is 6.79. The summed E-state index contributed by atoms with van der Waals surface area (Å²) in [5, 5.41) is 0.822. The molecule has 4 aromatic rings. The van der Waals surface area contributed by atoms with Gasteiger partial charge >= 0.3 is 11.9 Å². The molecule has 2 aromatic heterocycles. The Hall–Kier alpha value is -2.84. The SMILES string of the molecule is O=C(CCCCCCCCC(=O)Oc1nc2ccccc2s1)Oc1nc2ccccc2s1. The number of unbranched alkanes of at least 4 members (excludes halogenated alkanes) is 5. The van der Waals surface area contributed by atoms with Crippen molar-refractivity contribution in [3.63, 3.8) is 0 Å². The Balaban J connectivity index is 1.04. The molecule has 0 aliphatic rings. The minimum absolute atomic E-state index is 0.235. The van der Waals surface area contributed by atoms with Crippen LogP contribution in [0.2, 0.25) is 0 Å². The topological polar surface area (TPSA) is 78.4 Å². The zero-order chi connectivity index (χ0) is 22.2. The molecule has 0 saturated carbocycles. The first kappa shape index (κ1) is 22.4. The average molecular weight is 469 g/mol. The molecule has 6 nitrogen and oxygen atoms in total. The number of para-hydroxylation sites is 2. The molecule has 0 aliphatic carbocycles. The van der Waals surface area contributed by atoms with Crippen molar-refractivity contribution in [2.75, 3.05) is 0 Å². The maximum Gasteiger partial charge on any atom is 0.313 e. The van der Waals surface area contributed by atoms with Crippen molar-refractivity contribution in [2.24, 2.45) is 0 Å². The number of ether oxygens (including phenoxy) is 2. The number of esters is 2. The number of thiazole rings is 2. The number of hydrogen-bond acceptors (Lipinski definition) is 8. The number of carbonyl (C=O) groups excluding carboxylic acids is 2. The summed E-state index contributed by atoms with van der Waals surface area (Å²) in [4.78, 5) is 32.6. The number of fused-ring (bicyclic) bond motifs is 2. The van der Waals surface area contributed by atoms with Crippen LogP contribution in [0.3, 0.4) is 0 Å². The van der Waals surface area contributed by atoms with Gasteiger partial charge in [-0.25, -0.2) is 9.97 Å². The van der Waals surface area contributed by atoms with E-state index in [9.17, 15) is 9.59 Å². The number of benzene rings is 2. The van der Waals surface area contributed by atoms with E-state index < -0.39 is 0 Å². The van der Waals surface area contributed by atoms with E-state index in [-0.39, 0.29) is 11.9 Å². The third-order valence-electron chi connectivity index (χ3n) is 4.96. The van der Waals surface area contributed by atoms with Gasteiger partial charge < -0.3 is 9.47 Å². The van der Waals surface area contributed by atoms with Crippen LogP contribution < -0.4 is 9.47 Å². The summed E-state index contributed by atoms with van der Waals surface area (Å²) in [6, 6.07) is 15.5. The van der Waals surface area contributed by atoms with Gasteiger partial charge in [0.2, 0.25) is 0 Å². The maximum absolute atomic E-state index is 12.0. The van der Waals surface area contributed by atoms with Crippen LogP contribution in [0.5, 0.6) is 10.4 Å². The smallest absolute Gasteiger partial charge is 0.313 e. The number of rotatable bonds is 11. The molecule has 0 aliphatic heterocycles. The Labute approximate surface area is 194 Å². The zero-order valence-corrected chi connectivity index (χ0v) is 19.3. The molecule has 0 spiro atoms. The van der Waals surface area contributed by atoms with Crippen molar-refractivity contribution < 1.29 is 19.1 Å². The van der Waals surface area contributed by atoms with Gasteiger partial charge in [-0.15, -0.1) is 0 Å². The number of nitrogens with zero attached hydrogens (tertiary/aromatic N) is 2. The van der Waals surface area contributed by atoms with Gasteiger partial charge in [0.15, 0.2) is 0 Å². The van der Waals surface area contributed by atoms with Crippen LogP contribution in [0.1, 0.15) is 51.4 Å². The Morgan fingerprint density at radius 2 is 1.03 bits per heavy atom. The Kier molecular flexibility index (Phi) is 7.79. The molecular weight excluding hydrogens is 444 g/mol. The third kappa shape index (κ3) is 6.34. The highest BCUT2D eigenvalue weighted by molar-refractivity contribution is 7.20. The highest BCUT2D eigenvalue weighted by Gasteiger charge is 2.11. The first-order valence-corrected chi connectivity index (χ1v) is 12.4. The number of carbonyl (C=O) groups is 2. The number of hydrogen-bond donors (Lipinski definition) is 0. The lowest BCUT2D eigenvalue weighted by Crippen LogP contribution is -2.07. The van der Waals surface area contributed by atoms with Crippen molar-refractivity contribution >= 4 is 55.0 Å². The Morgan fingerprint density at radius 3 is 1.47 bits per heavy atom. The van der Waals surface area contributed by atoms with Gasteiger partial charge in [-0.05, 0) is 37.1 Å². The fraction of sp³-hybridized carbons (Fsp3) is 0.333. The van der Waals surface area contributed by atoms with Crippen LogP contribution in [0.15, 0.2) is 48.5 Å². The van der Waals surface area contributed by atoms with E-state index >= 15 is 0 Å². The van der Waals surface area contributed by atoms with Crippen LogP contribution in [0.4, 0.5) is 0 Å². The van der Waals surface area contributed by atoms with Crippen LogP contribution in [-0.4, -0.2) is 21.9 Å². The molecule has 0 unspecified atom stereocenters. The molecule has 0 N–H and O–H groups in total. The fourth-order valence-corrected chi connectivity index (χ4v) is 5.00. The van der Waals surface area contributed by atoms with E-state index in [0.717, 1.165) is 59.0 Å². The molecule has 2 heterocycles. The van der Waals surface area contributed by atoms with Crippen LogP contribution in [-0.2, 0) is 9.59 Å². The molecule has 0 atom stereocenters.